The van der Waals surface area contributed by atoms with Gasteiger partial charge in [-0.25, -0.2) is 0 Å². The zero-order valence-electron chi connectivity index (χ0n) is 13.1. The van der Waals surface area contributed by atoms with E-state index in [1.807, 2.05) is 0 Å². The number of nitrogens with one attached hydrogen (secondary N) is 1. The molecule has 0 aliphatic carbocycles. The lowest BCUT2D eigenvalue weighted by Crippen LogP contribution is -2.57. The molecule has 106 valence electrons. The molecule has 1 aromatic carbocycles. The van der Waals surface area contributed by atoms with Gasteiger partial charge >= 0.3 is 0 Å². The molecule has 0 radical (unpaired) electrons. The molecule has 2 nitrogen and oxygen atoms in total. The number of rotatable bonds is 3. The minimum atomic E-state index is -1.16. The van der Waals surface area contributed by atoms with Crippen LogP contribution in [0.15, 0.2) is 24.3 Å². The number of hydrogen-bond acceptors (Lipinski definition) is 2. The third-order valence-electron chi connectivity index (χ3n) is 4.17. The lowest BCUT2D eigenvalue weighted by atomic mass is 9.99. The number of hydrogen-bond donors (Lipinski definition) is 1. The van der Waals surface area contributed by atoms with Crippen LogP contribution >= 0.6 is 0 Å². The molecule has 1 N–H and O–H groups in total. The Hall–Kier alpha value is -0.643. The molecule has 0 saturated carbocycles. The van der Waals surface area contributed by atoms with Crippen molar-refractivity contribution in [1.29, 1.82) is 0 Å². The van der Waals surface area contributed by atoms with Gasteiger partial charge in [0, 0.05) is 31.7 Å². The Balaban J connectivity index is 2.07. The van der Waals surface area contributed by atoms with E-state index in [0.29, 0.717) is 0 Å². The maximum atomic E-state index is 3.48. The summed E-state index contributed by atoms with van der Waals surface area (Å²) in [5, 5.41) is 5.04. The largest absolute Gasteiger partial charge is 0.314 e. The first-order valence-electron chi connectivity index (χ1n) is 7.34. The number of nitrogens with zero attached hydrogens (tertiary/aromatic N) is 1. The van der Waals surface area contributed by atoms with Crippen LogP contribution in [0.25, 0.3) is 0 Å². The van der Waals surface area contributed by atoms with Crippen LogP contribution in [-0.4, -0.2) is 38.1 Å². The van der Waals surface area contributed by atoms with Crippen molar-refractivity contribution < 1.29 is 0 Å². The zero-order valence-corrected chi connectivity index (χ0v) is 14.1. The topological polar surface area (TPSA) is 15.3 Å². The van der Waals surface area contributed by atoms with Crippen LogP contribution in [0.3, 0.4) is 0 Å². The molecule has 1 heterocycles. The van der Waals surface area contributed by atoms with Gasteiger partial charge in [0.1, 0.15) is 0 Å². The summed E-state index contributed by atoms with van der Waals surface area (Å²) < 4.78 is 0. The fourth-order valence-electron chi connectivity index (χ4n) is 2.65. The van der Waals surface area contributed by atoms with Crippen LogP contribution in [0.4, 0.5) is 0 Å². The van der Waals surface area contributed by atoms with Crippen LogP contribution in [0.2, 0.25) is 19.6 Å². The minimum absolute atomic E-state index is 0.260. The summed E-state index contributed by atoms with van der Waals surface area (Å²) in [6, 6.07) is 9.34. The quantitative estimate of drug-likeness (QED) is 0.853. The highest BCUT2D eigenvalue weighted by Crippen LogP contribution is 2.19. The molecule has 0 aromatic heterocycles. The van der Waals surface area contributed by atoms with E-state index in [1.165, 1.54) is 5.56 Å². The highest BCUT2D eigenvalue weighted by molar-refractivity contribution is 6.88. The van der Waals surface area contributed by atoms with E-state index in [2.05, 4.69) is 68.0 Å². The highest BCUT2D eigenvalue weighted by Gasteiger charge is 2.29. The molecule has 1 aliphatic heterocycles. The molecule has 0 unspecified atom stereocenters. The molecular formula is C16H28N2Si. The molecule has 1 aliphatic rings. The van der Waals surface area contributed by atoms with E-state index < -0.39 is 8.07 Å². The Labute approximate surface area is 119 Å². The summed E-state index contributed by atoms with van der Waals surface area (Å²) >= 11 is 0. The summed E-state index contributed by atoms with van der Waals surface area (Å²) in [5.41, 5.74) is 1.70. The summed E-state index contributed by atoms with van der Waals surface area (Å²) in [6.45, 7) is 16.3. The number of benzene rings is 1. The lowest BCUT2D eigenvalue weighted by Gasteiger charge is -2.43. The molecule has 0 amide bonds. The van der Waals surface area contributed by atoms with Crippen molar-refractivity contribution in [2.24, 2.45) is 0 Å². The predicted molar refractivity (Wildman–Crippen MR) is 86.8 cm³/mol. The van der Waals surface area contributed by atoms with E-state index in [9.17, 15) is 0 Å². The first-order valence-corrected chi connectivity index (χ1v) is 10.8. The Morgan fingerprint density at radius 2 is 1.79 bits per heavy atom. The Morgan fingerprint density at radius 1 is 1.16 bits per heavy atom. The van der Waals surface area contributed by atoms with Crippen molar-refractivity contribution in [3.63, 3.8) is 0 Å². The molecule has 2 rings (SSSR count). The van der Waals surface area contributed by atoms with Crippen LogP contribution in [0.1, 0.15) is 19.4 Å². The van der Waals surface area contributed by atoms with E-state index in [1.54, 1.807) is 5.19 Å². The zero-order chi connectivity index (χ0) is 14.1. The number of piperazine rings is 1. The Morgan fingerprint density at radius 3 is 2.32 bits per heavy atom. The smallest absolute Gasteiger partial charge is 0.0775 e. The van der Waals surface area contributed by atoms with Crippen molar-refractivity contribution in [3.8, 4) is 0 Å². The highest BCUT2D eigenvalue weighted by atomic mass is 28.3. The van der Waals surface area contributed by atoms with Gasteiger partial charge in [0.2, 0.25) is 0 Å². The van der Waals surface area contributed by atoms with Crippen LogP contribution in [0, 0.1) is 0 Å². The molecule has 3 heteroatoms. The van der Waals surface area contributed by atoms with Crippen molar-refractivity contribution in [1.82, 2.24) is 10.2 Å². The summed E-state index contributed by atoms with van der Waals surface area (Å²) in [5.74, 6) is 0. The van der Waals surface area contributed by atoms with Crippen molar-refractivity contribution in [3.05, 3.63) is 29.8 Å². The summed E-state index contributed by atoms with van der Waals surface area (Å²) in [7, 11) is -1.16. The van der Waals surface area contributed by atoms with Gasteiger partial charge < -0.3 is 5.32 Å². The van der Waals surface area contributed by atoms with E-state index in [4.69, 9.17) is 0 Å². The van der Waals surface area contributed by atoms with Crippen molar-refractivity contribution >= 4 is 13.3 Å². The van der Waals surface area contributed by atoms with Crippen LogP contribution < -0.4 is 10.5 Å². The van der Waals surface area contributed by atoms with Crippen LogP contribution in [0.5, 0.6) is 0 Å². The molecule has 0 spiro atoms. The second-order valence-electron chi connectivity index (χ2n) is 7.36. The third-order valence-corrected chi connectivity index (χ3v) is 6.23. The third kappa shape index (κ3) is 3.68. The predicted octanol–water partition coefficient (Wildman–Crippen LogP) is 2.42. The SMILES string of the molecule is CC1(C)CNCCN1Cc1ccc([Si](C)(C)C)cc1. The van der Waals surface area contributed by atoms with Crippen molar-refractivity contribution in [2.75, 3.05) is 19.6 Å². The fraction of sp³-hybridized carbons (Fsp3) is 0.625. The molecule has 19 heavy (non-hydrogen) atoms. The van der Waals surface area contributed by atoms with Gasteiger partial charge in [-0.15, -0.1) is 0 Å². The Kier molecular flexibility index (Phi) is 4.19. The van der Waals surface area contributed by atoms with Gasteiger partial charge in [-0.05, 0) is 19.4 Å². The van der Waals surface area contributed by atoms with Gasteiger partial charge in [-0.3, -0.25) is 4.90 Å². The fourth-order valence-corrected chi connectivity index (χ4v) is 3.81. The maximum Gasteiger partial charge on any atom is 0.0775 e. The molecule has 0 atom stereocenters. The van der Waals surface area contributed by atoms with Gasteiger partial charge in [0.15, 0.2) is 0 Å². The summed E-state index contributed by atoms with van der Waals surface area (Å²) in [6.07, 6.45) is 0. The second kappa shape index (κ2) is 5.39. The van der Waals surface area contributed by atoms with Crippen LogP contribution in [-0.2, 0) is 6.54 Å². The van der Waals surface area contributed by atoms with Crippen molar-refractivity contribution in [2.45, 2.75) is 45.6 Å². The molecule has 1 saturated heterocycles. The molecular weight excluding hydrogens is 248 g/mol. The van der Waals surface area contributed by atoms with Gasteiger partial charge in [0.05, 0.1) is 8.07 Å². The average Bonchev–Trinajstić information content (AvgIpc) is 2.31. The van der Waals surface area contributed by atoms with Gasteiger partial charge in [-0.2, -0.15) is 0 Å². The molecule has 1 aromatic rings. The molecule has 0 bridgehead atoms. The van der Waals surface area contributed by atoms with Gasteiger partial charge in [-0.1, -0.05) is 49.1 Å². The minimum Gasteiger partial charge on any atom is -0.314 e. The lowest BCUT2D eigenvalue weighted by molar-refractivity contribution is 0.0828. The monoisotopic (exact) mass is 276 g/mol. The van der Waals surface area contributed by atoms with Gasteiger partial charge in [0.25, 0.3) is 0 Å². The first-order chi connectivity index (χ1) is 8.79. The maximum absolute atomic E-state index is 3.48. The second-order valence-corrected chi connectivity index (χ2v) is 12.4. The van der Waals surface area contributed by atoms with E-state index in [-0.39, 0.29) is 5.54 Å². The summed E-state index contributed by atoms with van der Waals surface area (Å²) in [4.78, 5) is 2.59. The van der Waals surface area contributed by atoms with E-state index in [0.717, 1.165) is 26.2 Å². The Bertz CT molecular complexity index is 417. The normalized spacial score (nSPS) is 20.5. The average molecular weight is 276 g/mol. The molecule has 1 fully saturated rings. The van der Waals surface area contributed by atoms with E-state index >= 15 is 0 Å². The standard InChI is InChI=1S/C16H28N2Si/c1-16(2)13-17-10-11-18(16)12-14-6-8-15(9-7-14)19(3,4)5/h6-9,17H,10-13H2,1-5H3. The first kappa shape index (κ1) is 14.8.